The van der Waals surface area contributed by atoms with Gasteiger partial charge in [0, 0.05) is 10.9 Å². The third-order valence-corrected chi connectivity index (χ3v) is 3.33. The van der Waals surface area contributed by atoms with Crippen LogP contribution in [-0.4, -0.2) is 0 Å². The Labute approximate surface area is 115 Å². The van der Waals surface area contributed by atoms with E-state index in [1.807, 2.05) is 32.0 Å². The monoisotopic (exact) mass is 308 g/mol. The molecule has 0 aliphatic carbocycles. The van der Waals surface area contributed by atoms with Gasteiger partial charge in [0.1, 0.15) is 17.3 Å². The van der Waals surface area contributed by atoms with Crippen LogP contribution in [0.15, 0.2) is 36.4 Å². The molecule has 18 heavy (non-hydrogen) atoms. The molecule has 0 spiro atoms. The molecule has 0 unspecified atom stereocenters. The molecule has 0 heterocycles. The first-order valence-corrected chi connectivity index (χ1v) is 6.82. The highest BCUT2D eigenvalue weighted by Gasteiger charge is 2.07. The number of alkyl halides is 1. The molecule has 2 aromatic rings. The highest BCUT2D eigenvalue weighted by molar-refractivity contribution is 9.08. The molecule has 0 aromatic heterocycles. The quantitative estimate of drug-likeness (QED) is 0.714. The van der Waals surface area contributed by atoms with Crippen molar-refractivity contribution in [3.8, 4) is 11.5 Å². The number of rotatable bonds is 3. The largest absolute Gasteiger partial charge is 0.457 e. The summed E-state index contributed by atoms with van der Waals surface area (Å²) in [6.07, 6.45) is 0. The topological polar surface area (TPSA) is 9.23 Å². The van der Waals surface area contributed by atoms with Crippen LogP contribution in [0.25, 0.3) is 0 Å². The average molecular weight is 309 g/mol. The molecule has 94 valence electrons. The molecule has 0 bridgehead atoms. The Balaban J connectivity index is 2.36. The molecular weight excluding hydrogens is 295 g/mol. The zero-order chi connectivity index (χ0) is 13.1. The smallest absolute Gasteiger partial charge is 0.131 e. The maximum Gasteiger partial charge on any atom is 0.131 e. The van der Waals surface area contributed by atoms with Gasteiger partial charge in [0.05, 0.1) is 0 Å². The van der Waals surface area contributed by atoms with Gasteiger partial charge in [0.25, 0.3) is 0 Å². The van der Waals surface area contributed by atoms with Gasteiger partial charge < -0.3 is 4.74 Å². The highest BCUT2D eigenvalue weighted by Crippen LogP contribution is 2.30. The van der Waals surface area contributed by atoms with Gasteiger partial charge in [-0.3, -0.25) is 0 Å². The Morgan fingerprint density at radius 3 is 2.56 bits per heavy atom. The lowest BCUT2D eigenvalue weighted by Crippen LogP contribution is -1.93. The lowest BCUT2D eigenvalue weighted by atomic mass is 10.1. The normalized spacial score (nSPS) is 10.4. The molecule has 0 saturated heterocycles. The zero-order valence-corrected chi connectivity index (χ0v) is 11.9. The molecule has 0 radical (unpaired) electrons. The summed E-state index contributed by atoms with van der Waals surface area (Å²) in [5.74, 6) is 1.24. The van der Waals surface area contributed by atoms with E-state index in [2.05, 4.69) is 15.9 Å². The number of aryl methyl sites for hydroxylation is 2. The second-order valence-electron chi connectivity index (χ2n) is 4.26. The fraction of sp³-hybridized carbons (Fsp3) is 0.200. The Morgan fingerprint density at radius 2 is 1.83 bits per heavy atom. The van der Waals surface area contributed by atoms with Crippen molar-refractivity contribution in [3.63, 3.8) is 0 Å². The molecule has 2 aromatic carbocycles. The van der Waals surface area contributed by atoms with E-state index in [0.29, 0.717) is 11.1 Å². The van der Waals surface area contributed by atoms with Crippen molar-refractivity contribution < 1.29 is 9.13 Å². The Bertz CT molecular complexity index is 566. The number of halogens is 2. The van der Waals surface area contributed by atoms with Crippen molar-refractivity contribution in [1.29, 1.82) is 0 Å². The van der Waals surface area contributed by atoms with Crippen LogP contribution < -0.4 is 4.74 Å². The predicted octanol–water partition coefficient (Wildman–Crippen LogP) is 5.13. The van der Waals surface area contributed by atoms with Crippen molar-refractivity contribution in [2.24, 2.45) is 0 Å². The standard InChI is InChI=1S/C15H14BrFO/c1-10-3-4-11(2)15(7-10)18-14-6-5-13(17)8-12(14)9-16/h3-8H,9H2,1-2H3. The summed E-state index contributed by atoms with van der Waals surface area (Å²) in [6.45, 7) is 4.01. The molecule has 0 saturated carbocycles. The van der Waals surface area contributed by atoms with Crippen LogP contribution in [0.1, 0.15) is 16.7 Å². The fourth-order valence-electron chi connectivity index (χ4n) is 1.69. The van der Waals surface area contributed by atoms with Crippen molar-refractivity contribution in [3.05, 3.63) is 58.9 Å². The van der Waals surface area contributed by atoms with E-state index in [1.54, 1.807) is 6.07 Å². The van der Waals surface area contributed by atoms with Crippen molar-refractivity contribution in [2.45, 2.75) is 19.2 Å². The zero-order valence-electron chi connectivity index (χ0n) is 10.3. The maximum atomic E-state index is 13.1. The van der Waals surface area contributed by atoms with Crippen molar-refractivity contribution in [2.75, 3.05) is 0 Å². The molecule has 0 aliphatic rings. The molecule has 0 atom stereocenters. The third kappa shape index (κ3) is 2.91. The van der Waals surface area contributed by atoms with Crippen LogP contribution in [0.5, 0.6) is 11.5 Å². The van der Waals surface area contributed by atoms with Crippen molar-refractivity contribution in [1.82, 2.24) is 0 Å². The second-order valence-corrected chi connectivity index (χ2v) is 4.82. The number of benzene rings is 2. The minimum Gasteiger partial charge on any atom is -0.457 e. The van der Waals surface area contributed by atoms with E-state index >= 15 is 0 Å². The van der Waals surface area contributed by atoms with E-state index in [9.17, 15) is 4.39 Å². The van der Waals surface area contributed by atoms with E-state index in [-0.39, 0.29) is 5.82 Å². The van der Waals surface area contributed by atoms with E-state index in [1.165, 1.54) is 12.1 Å². The van der Waals surface area contributed by atoms with Gasteiger partial charge in [-0.05, 0) is 49.2 Å². The van der Waals surface area contributed by atoms with Crippen LogP contribution in [-0.2, 0) is 5.33 Å². The molecule has 1 nitrogen and oxygen atoms in total. The molecule has 0 N–H and O–H groups in total. The van der Waals surface area contributed by atoms with Crippen LogP contribution in [0.2, 0.25) is 0 Å². The lowest BCUT2D eigenvalue weighted by molar-refractivity contribution is 0.472. The first kappa shape index (κ1) is 13.1. The Kier molecular flexibility index (Phi) is 4.02. The Hall–Kier alpha value is -1.35. The number of hydrogen-bond donors (Lipinski definition) is 0. The molecule has 0 fully saturated rings. The van der Waals surface area contributed by atoms with Gasteiger partial charge in [-0.15, -0.1) is 0 Å². The summed E-state index contributed by atoms with van der Waals surface area (Å²) < 4.78 is 19.0. The Morgan fingerprint density at radius 1 is 1.06 bits per heavy atom. The third-order valence-electron chi connectivity index (χ3n) is 2.73. The molecule has 2 rings (SSSR count). The van der Waals surface area contributed by atoms with Gasteiger partial charge >= 0.3 is 0 Å². The summed E-state index contributed by atoms with van der Waals surface area (Å²) in [7, 11) is 0. The first-order valence-electron chi connectivity index (χ1n) is 5.69. The molecular formula is C15H14BrFO. The van der Waals surface area contributed by atoms with Crippen molar-refractivity contribution >= 4 is 15.9 Å². The van der Waals surface area contributed by atoms with E-state index in [0.717, 1.165) is 22.4 Å². The van der Waals surface area contributed by atoms with Gasteiger partial charge in [-0.2, -0.15) is 0 Å². The minimum atomic E-state index is -0.252. The molecule has 0 aliphatic heterocycles. The van der Waals surface area contributed by atoms with Crippen LogP contribution in [0.4, 0.5) is 4.39 Å². The average Bonchev–Trinajstić information content (AvgIpc) is 2.36. The summed E-state index contributed by atoms with van der Waals surface area (Å²) in [4.78, 5) is 0. The van der Waals surface area contributed by atoms with Gasteiger partial charge in [0.2, 0.25) is 0 Å². The van der Waals surface area contributed by atoms with Gasteiger partial charge in [-0.1, -0.05) is 28.1 Å². The first-order chi connectivity index (χ1) is 8.60. The van der Waals surface area contributed by atoms with E-state index < -0.39 is 0 Å². The number of ether oxygens (including phenoxy) is 1. The lowest BCUT2D eigenvalue weighted by Gasteiger charge is -2.12. The summed E-state index contributed by atoms with van der Waals surface area (Å²) >= 11 is 3.34. The van der Waals surface area contributed by atoms with Gasteiger partial charge in [-0.25, -0.2) is 4.39 Å². The summed E-state index contributed by atoms with van der Waals surface area (Å²) in [5, 5.41) is 0.560. The highest BCUT2D eigenvalue weighted by atomic mass is 79.9. The maximum absolute atomic E-state index is 13.1. The van der Waals surface area contributed by atoms with Gasteiger partial charge in [0.15, 0.2) is 0 Å². The van der Waals surface area contributed by atoms with Crippen LogP contribution in [0, 0.1) is 19.7 Å². The predicted molar refractivity (Wildman–Crippen MR) is 75.0 cm³/mol. The summed E-state index contributed by atoms with van der Waals surface area (Å²) in [5.41, 5.74) is 3.00. The summed E-state index contributed by atoms with van der Waals surface area (Å²) in [6, 6.07) is 10.6. The molecule has 0 amide bonds. The number of hydrogen-bond acceptors (Lipinski definition) is 1. The second kappa shape index (κ2) is 5.53. The fourth-order valence-corrected chi connectivity index (χ4v) is 2.13. The molecule has 3 heteroatoms. The van der Waals surface area contributed by atoms with Crippen LogP contribution in [0.3, 0.4) is 0 Å². The minimum absolute atomic E-state index is 0.252. The van der Waals surface area contributed by atoms with E-state index in [4.69, 9.17) is 4.74 Å². The van der Waals surface area contributed by atoms with Crippen LogP contribution >= 0.6 is 15.9 Å². The SMILES string of the molecule is Cc1ccc(C)c(Oc2ccc(F)cc2CBr)c1.